The molecule has 3 rings (SSSR count). The molecule has 3 nitrogen and oxygen atoms in total. The summed E-state index contributed by atoms with van der Waals surface area (Å²) in [6, 6.07) is 4.10. The molecule has 0 aliphatic carbocycles. The third kappa shape index (κ3) is 2.06. The number of aryl methyl sites for hydroxylation is 2. The van der Waals surface area contributed by atoms with Gasteiger partial charge in [-0.05, 0) is 26.0 Å². The van der Waals surface area contributed by atoms with Gasteiger partial charge in [-0.25, -0.2) is 13.8 Å². The first-order valence-electron chi connectivity index (χ1n) is 6.18. The minimum atomic E-state index is -0.854. The van der Waals surface area contributed by atoms with Gasteiger partial charge in [0.2, 0.25) is 0 Å². The van der Waals surface area contributed by atoms with E-state index in [9.17, 15) is 8.78 Å². The number of aromatic nitrogens is 2. The number of thiazole rings is 1. The van der Waals surface area contributed by atoms with E-state index in [0.29, 0.717) is 6.54 Å². The number of benzene rings is 1. The summed E-state index contributed by atoms with van der Waals surface area (Å²) >= 11 is 1.57. The zero-order valence-corrected chi connectivity index (χ0v) is 11.9. The van der Waals surface area contributed by atoms with Crippen molar-refractivity contribution in [1.82, 2.24) is 9.38 Å². The fourth-order valence-corrected chi connectivity index (χ4v) is 3.13. The second-order valence-electron chi connectivity index (χ2n) is 4.59. The number of hydrogen-bond acceptors (Lipinski definition) is 3. The number of nitrogens with one attached hydrogen (secondary N) is 1. The molecule has 0 unspecified atom stereocenters. The van der Waals surface area contributed by atoms with E-state index in [1.165, 1.54) is 12.1 Å². The lowest BCUT2D eigenvalue weighted by molar-refractivity contribution is 0.511. The minimum absolute atomic E-state index is 0.159. The Morgan fingerprint density at radius 1 is 1.30 bits per heavy atom. The highest BCUT2D eigenvalue weighted by atomic mass is 32.1. The average molecular weight is 293 g/mol. The van der Waals surface area contributed by atoms with E-state index in [2.05, 4.69) is 10.3 Å². The molecule has 0 aliphatic heterocycles. The predicted molar refractivity (Wildman–Crippen MR) is 76.2 cm³/mol. The summed E-state index contributed by atoms with van der Waals surface area (Å²) < 4.78 is 28.8. The quantitative estimate of drug-likeness (QED) is 0.793. The molecule has 6 heteroatoms. The van der Waals surface area contributed by atoms with Crippen molar-refractivity contribution in [2.75, 3.05) is 5.32 Å². The molecule has 2 heterocycles. The van der Waals surface area contributed by atoms with E-state index < -0.39 is 11.6 Å². The van der Waals surface area contributed by atoms with Gasteiger partial charge in [0.15, 0.2) is 16.6 Å². The molecule has 0 saturated carbocycles. The van der Waals surface area contributed by atoms with Crippen molar-refractivity contribution in [2.24, 2.45) is 0 Å². The maximum atomic E-state index is 13.6. The third-order valence-electron chi connectivity index (χ3n) is 3.23. The van der Waals surface area contributed by atoms with E-state index in [-0.39, 0.29) is 5.69 Å². The molecule has 0 saturated heterocycles. The van der Waals surface area contributed by atoms with Crippen LogP contribution in [0.25, 0.3) is 4.96 Å². The van der Waals surface area contributed by atoms with E-state index in [1.807, 2.05) is 23.6 Å². The Labute approximate surface area is 118 Å². The van der Waals surface area contributed by atoms with Gasteiger partial charge in [-0.2, -0.15) is 0 Å². The van der Waals surface area contributed by atoms with Crippen LogP contribution in [0.1, 0.15) is 17.1 Å². The number of hydrogen-bond donors (Lipinski definition) is 1. The first-order valence-corrected chi connectivity index (χ1v) is 7.06. The van der Waals surface area contributed by atoms with E-state index in [1.54, 1.807) is 11.3 Å². The number of nitrogens with zero attached hydrogens (tertiary/aromatic N) is 2. The van der Waals surface area contributed by atoms with E-state index >= 15 is 0 Å². The molecule has 2 aromatic heterocycles. The molecule has 0 atom stereocenters. The lowest BCUT2D eigenvalue weighted by Crippen LogP contribution is -2.06. The smallest absolute Gasteiger partial charge is 0.194 e. The van der Waals surface area contributed by atoms with Gasteiger partial charge in [0, 0.05) is 11.1 Å². The monoisotopic (exact) mass is 293 g/mol. The van der Waals surface area contributed by atoms with Crippen LogP contribution in [0, 0.1) is 25.5 Å². The molecule has 0 aliphatic rings. The van der Waals surface area contributed by atoms with E-state index in [4.69, 9.17) is 0 Å². The number of imidazole rings is 1. The zero-order chi connectivity index (χ0) is 14.3. The summed E-state index contributed by atoms with van der Waals surface area (Å²) in [4.78, 5) is 5.37. The van der Waals surface area contributed by atoms with Gasteiger partial charge in [-0.15, -0.1) is 11.3 Å². The van der Waals surface area contributed by atoms with Gasteiger partial charge >= 0.3 is 0 Å². The molecule has 0 radical (unpaired) electrons. The second kappa shape index (κ2) is 4.86. The fourth-order valence-electron chi connectivity index (χ4n) is 2.19. The standard InChI is InChI=1S/C14H13F2N3S/c1-8-7-20-14-18-9(2)12(19(8)14)6-17-11-5-3-4-10(15)13(11)16/h3-5,7,17H,6H2,1-2H3. The first-order chi connectivity index (χ1) is 9.58. The summed E-state index contributed by atoms with van der Waals surface area (Å²) in [6.07, 6.45) is 0. The van der Waals surface area contributed by atoms with Crippen LogP contribution in [-0.2, 0) is 6.54 Å². The number of anilines is 1. The molecule has 0 bridgehead atoms. The van der Waals surface area contributed by atoms with Gasteiger partial charge in [0.1, 0.15) is 0 Å². The van der Waals surface area contributed by atoms with Gasteiger partial charge in [-0.3, -0.25) is 4.40 Å². The zero-order valence-electron chi connectivity index (χ0n) is 11.1. The maximum Gasteiger partial charge on any atom is 0.194 e. The Kier molecular flexibility index (Phi) is 3.17. The molecular weight excluding hydrogens is 280 g/mol. The summed E-state index contributed by atoms with van der Waals surface area (Å²) in [7, 11) is 0. The highest BCUT2D eigenvalue weighted by molar-refractivity contribution is 7.15. The first kappa shape index (κ1) is 13.1. The lowest BCUT2D eigenvalue weighted by atomic mass is 10.2. The van der Waals surface area contributed by atoms with Crippen LogP contribution in [-0.4, -0.2) is 9.38 Å². The largest absolute Gasteiger partial charge is 0.377 e. The highest BCUT2D eigenvalue weighted by Gasteiger charge is 2.13. The Hall–Kier alpha value is -1.95. The number of rotatable bonds is 3. The fraction of sp³-hybridized carbons (Fsp3) is 0.214. The molecule has 1 N–H and O–H groups in total. The molecule has 0 amide bonds. The van der Waals surface area contributed by atoms with Gasteiger partial charge < -0.3 is 5.32 Å². The van der Waals surface area contributed by atoms with Crippen LogP contribution in [0.2, 0.25) is 0 Å². The van der Waals surface area contributed by atoms with Crippen LogP contribution in [0.4, 0.5) is 14.5 Å². The second-order valence-corrected chi connectivity index (χ2v) is 5.43. The maximum absolute atomic E-state index is 13.6. The number of halogens is 2. The summed E-state index contributed by atoms with van der Waals surface area (Å²) in [5.74, 6) is -1.70. The van der Waals surface area contributed by atoms with Crippen molar-refractivity contribution >= 4 is 22.0 Å². The Balaban J connectivity index is 1.92. The van der Waals surface area contributed by atoms with Gasteiger partial charge in [0.05, 0.1) is 23.6 Å². The molecule has 0 fully saturated rings. The topological polar surface area (TPSA) is 29.3 Å². The molecular formula is C14H13F2N3S. The van der Waals surface area contributed by atoms with Gasteiger partial charge in [-0.1, -0.05) is 6.07 Å². The molecule has 20 heavy (non-hydrogen) atoms. The summed E-state index contributed by atoms with van der Waals surface area (Å²) in [5, 5.41) is 4.96. The van der Waals surface area contributed by atoms with Crippen molar-refractivity contribution in [2.45, 2.75) is 20.4 Å². The molecule has 0 spiro atoms. The average Bonchev–Trinajstić information content (AvgIpc) is 2.92. The predicted octanol–water partition coefficient (Wildman–Crippen LogP) is 3.90. The van der Waals surface area contributed by atoms with Crippen molar-refractivity contribution in [3.05, 3.63) is 52.3 Å². The van der Waals surface area contributed by atoms with Gasteiger partial charge in [0.25, 0.3) is 0 Å². The van der Waals surface area contributed by atoms with Crippen molar-refractivity contribution in [1.29, 1.82) is 0 Å². The Morgan fingerprint density at radius 2 is 2.10 bits per heavy atom. The van der Waals surface area contributed by atoms with Crippen LogP contribution in [0.15, 0.2) is 23.6 Å². The SMILES string of the molecule is Cc1nc2scc(C)n2c1CNc1cccc(F)c1F. The summed E-state index contributed by atoms with van der Waals surface area (Å²) in [5.41, 5.74) is 3.10. The Bertz CT molecular complexity index is 776. The Morgan fingerprint density at radius 3 is 2.90 bits per heavy atom. The van der Waals surface area contributed by atoms with Crippen LogP contribution < -0.4 is 5.32 Å². The van der Waals surface area contributed by atoms with Crippen LogP contribution in [0.3, 0.4) is 0 Å². The molecule has 3 aromatic rings. The molecule has 1 aromatic carbocycles. The normalized spacial score (nSPS) is 11.2. The lowest BCUT2D eigenvalue weighted by Gasteiger charge is -2.08. The molecule has 104 valence electrons. The summed E-state index contributed by atoms with van der Waals surface area (Å²) in [6.45, 7) is 4.31. The van der Waals surface area contributed by atoms with Crippen LogP contribution >= 0.6 is 11.3 Å². The third-order valence-corrected chi connectivity index (χ3v) is 4.17. The van der Waals surface area contributed by atoms with Crippen molar-refractivity contribution < 1.29 is 8.78 Å². The minimum Gasteiger partial charge on any atom is -0.377 e. The highest BCUT2D eigenvalue weighted by Crippen LogP contribution is 2.22. The van der Waals surface area contributed by atoms with E-state index in [0.717, 1.165) is 28.1 Å². The van der Waals surface area contributed by atoms with Crippen molar-refractivity contribution in [3.8, 4) is 0 Å². The number of fused-ring (bicyclic) bond motifs is 1. The van der Waals surface area contributed by atoms with Crippen LogP contribution in [0.5, 0.6) is 0 Å². The van der Waals surface area contributed by atoms with Crippen molar-refractivity contribution in [3.63, 3.8) is 0 Å².